The Kier molecular flexibility index (Phi) is 6.65. The van der Waals surface area contributed by atoms with Crippen LogP contribution in [0.3, 0.4) is 0 Å². The second-order valence-corrected chi connectivity index (χ2v) is 9.53. The highest BCUT2D eigenvalue weighted by Crippen LogP contribution is 2.34. The van der Waals surface area contributed by atoms with Gasteiger partial charge in [-0.15, -0.1) is 11.3 Å². The van der Waals surface area contributed by atoms with Crippen molar-refractivity contribution in [2.45, 2.75) is 40.2 Å². The smallest absolute Gasteiger partial charge is 0.251 e. The number of aryl methyl sites for hydroxylation is 2. The van der Waals surface area contributed by atoms with Crippen LogP contribution in [0.2, 0.25) is 0 Å². The number of rotatable bonds is 7. The quantitative estimate of drug-likeness (QED) is 0.537. The molecule has 33 heavy (non-hydrogen) atoms. The van der Waals surface area contributed by atoms with Crippen molar-refractivity contribution in [1.82, 2.24) is 10.3 Å². The second kappa shape index (κ2) is 9.62. The van der Waals surface area contributed by atoms with Gasteiger partial charge in [-0.25, -0.2) is 4.98 Å². The molecule has 0 bridgehead atoms. The van der Waals surface area contributed by atoms with Gasteiger partial charge in [-0.1, -0.05) is 37.6 Å². The summed E-state index contributed by atoms with van der Waals surface area (Å²) in [7, 11) is 0. The fourth-order valence-electron chi connectivity index (χ4n) is 3.61. The van der Waals surface area contributed by atoms with Crippen LogP contribution in [0.15, 0.2) is 42.5 Å². The molecule has 1 unspecified atom stereocenters. The summed E-state index contributed by atoms with van der Waals surface area (Å²) in [4.78, 5) is 31.3. The van der Waals surface area contributed by atoms with Crippen molar-refractivity contribution < 1.29 is 19.1 Å². The van der Waals surface area contributed by atoms with Gasteiger partial charge in [0.05, 0.1) is 5.69 Å². The van der Waals surface area contributed by atoms with Crippen molar-refractivity contribution in [2.75, 3.05) is 12.1 Å². The molecule has 7 nitrogen and oxygen atoms in total. The van der Waals surface area contributed by atoms with E-state index in [1.54, 1.807) is 12.1 Å². The van der Waals surface area contributed by atoms with Crippen molar-refractivity contribution in [2.24, 2.45) is 5.92 Å². The molecule has 1 aliphatic heterocycles. The van der Waals surface area contributed by atoms with Gasteiger partial charge in [-0.3, -0.25) is 9.59 Å². The monoisotopic (exact) mass is 465 g/mol. The fourth-order valence-corrected chi connectivity index (χ4v) is 4.61. The van der Waals surface area contributed by atoms with E-state index in [9.17, 15) is 9.59 Å². The molecule has 0 saturated heterocycles. The maximum absolute atomic E-state index is 13.0. The molecular formula is C25H27N3O4S. The lowest BCUT2D eigenvalue weighted by Crippen LogP contribution is -2.47. The molecule has 2 N–H and O–H groups in total. The number of benzene rings is 2. The molecule has 172 valence electrons. The zero-order valence-electron chi connectivity index (χ0n) is 19.1. The van der Waals surface area contributed by atoms with Gasteiger partial charge in [0.2, 0.25) is 12.7 Å². The topological polar surface area (TPSA) is 89.6 Å². The lowest BCUT2D eigenvalue weighted by Gasteiger charge is -2.21. The van der Waals surface area contributed by atoms with E-state index in [1.807, 2.05) is 58.0 Å². The average Bonchev–Trinajstić information content (AvgIpc) is 3.37. The Morgan fingerprint density at radius 1 is 1.09 bits per heavy atom. The molecule has 4 rings (SSSR count). The van der Waals surface area contributed by atoms with Crippen molar-refractivity contribution in [3.63, 3.8) is 0 Å². The summed E-state index contributed by atoms with van der Waals surface area (Å²) in [5.41, 5.74) is 3.46. The lowest BCUT2D eigenvalue weighted by atomic mass is 10.0. The van der Waals surface area contributed by atoms with E-state index in [0.29, 0.717) is 17.1 Å². The van der Waals surface area contributed by atoms with Gasteiger partial charge < -0.3 is 20.1 Å². The molecule has 1 aliphatic rings. The number of nitrogens with one attached hydrogen (secondary N) is 2. The van der Waals surface area contributed by atoms with E-state index in [0.717, 1.165) is 33.2 Å². The normalized spacial score (nSPS) is 13.1. The number of anilines is 1. The first-order chi connectivity index (χ1) is 15.8. The van der Waals surface area contributed by atoms with Gasteiger partial charge in [-0.2, -0.15) is 0 Å². The molecular weight excluding hydrogens is 438 g/mol. The summed E-state index contributed by atoms with van der Waals surface area (Å²) < 4.78 is 10.8. The van der Waals surface area contributed by atoms with Gasteiger partial charge >= 0.3 is 0 Å². The average molecular weight is 466 g/mol. The number of amides is 2. The number of hydrogen-bond donors (Lipinski definition) is 2. The van der Waals surface area contributed by atoms with Gasteiger partial charge in [0.25, 0.3) is 5.91 Å². The van der Waals surface area contributed by atoms with Crippen LogP contribution in [0.4, 0.5) is 5.13 Å². The number of carbonyl (C=O) groups is 2. The second-order valence-electron chi connectivity index (χ2n) is 8.45. The van der Waals surface area contributed by atoms with E-state index in [4.69, 9.17) is 9.47 Å². The van der Waals surface area contributed by atoms with E-state index < -0.39 is 6.04 Å². The third-order valence-electron chi connectivity index (χ3n) is 5.44. The summed E-state index contributed by atoms with van der Waals surface area (Å²) in [6.45, 7) is 7.90. The molecule has 0 saturated carbocycles. The van der Waals surface area contributed by atoms with Crippen molar-refractivity contribution >= 4 is 28.3 Å². The minimum Gasteiger partial charge on any atom is -0.454 e. The highest BCUT2D eigenvalue weighted by Gasteiger charge is 2.26. The van der Waals surface area contributed by atoms with Gasteiger partial charge in [0, 0.05) is 16.9 Å². The van der Waals surface area contributed by atoms with Crippen LogP contribution in [0.5, 0.6) is 11.5 Å². The van der Waals surface area contributed by atoms with E-state index in [-0.39, 0.29) is 24.5 Å². The summed E-state index contributed by atoms with van der Waals surface area (Å²) in [5.74, 6) is 0.848. The molecule has 8 heteroatoms. The Morgan fingerprint density at radius 3 is 2.64 bits per heavy atom. The molecule has 0 radical (unpaired) electrons. The molecule has 2 aromatic carbocycles. The van der Waals surface area contributed by atoms with E-state index in [2.05, 4.69) is 15.6 Å². The summed E-state index contributed by atoms with van der Waals surface area (Å²) in [6.07, 6.45) is 0.674. The lowest BCUT2D eigenvalue weighted by molar-refractivity contribution is -0.118. The molecule has 0 fully saturated rings. The maximum Gasteiger partial charge on any atom is 0.251 e. The Morgan fingerprint density at radius 2 is 1.88 bits per heavy atom. The minimum absolute atomic E-state index is 0.0899. The first-order valence-electron chi connectivity index (χ1n) is 10.8. The van der Waals surface area contributed by atoms with Crippen LogP contribution in [0.25, 0.3) is 0 Å². The molecule has 0 spiro atoms. The predicted octanol–water partition coefficient (Wildman–Crippen LogP) is 4.47. The van der Waals surface area contributed by atoms with Gasteiger partial charge in [0.1, 0.15) is 6.04 Å². The number of fused-ring (bicyclic) bond motifs is 1. The standard InChI is InChI=1S/C25H27N3O4S/c1-14(2)22(27-23(29)18-7-5-6-15(3)10-18)24(30)28-25-26-16(4)21(33-25)12-17-8-9-19-20(11-17)32-13-31-19/h5-11,14,22H,12-13H2,1-4H3,(H,27,29)(H,26,28,30). The summed E-state index contributed by atoms with van der Waals surface area (Å²) in [5, 5.41) is 6.27. The fraction of sp³-hybridized carbons (Fsp3) is 0.320. The molecule has 1 atom stereocenters. The van der Waals surface area contributed by atoms with Crippen LogP contribution >= 0.6 is 11.3 Å². The zero-order chi connectivity index (χ0) is 23.5. The first-order valence-corrected chi connectivity index (χ1v) is 11.6. The summed E-state index contributed by atoms with van der Waals surface area (Å²) in [6, 6.07) is 12.5. The van der Waals surface area contributed by atoms with Crippen LogP contribution in [-0.2, 0) is 11.2 Å². The highest BCUT2D eigenvalue weighted by atomic mass is 32.1. The van der Waals surface area contributed by atoms with E-state index in [1.165, 1.54) is 11.3 Å². The van der Waals surface area contributed by atoms with Crippen LogP contribution in [0.1, 0.15) is 45.9 Å². The number of ether oxygens (including phenoxy) is 2. The summed E-state index contributed by atoms with van der Waals surface area (Å²) >= 11 is 1.43. The van der Waals surface area contributed by atoms with Crippen molar-refractivity contribution in [3.05, 3.63) is 69.7 Å². The SMILES string of the molecule is Cc1cccc(C(=O)NC(C(=O)Nc2nc(C)c(Cc3ccc4c(c3)OCO4)s2)C(C)C)c1. The first kappa shape index (κ1) is 22.8. The van der Waals surface area contributed by atoms with Crippen molar-refractivity contribution in [1.29, 1.82) is 0 Å². The van der Waals surface area contributed by atoms with Gasteiger partial charge in [-0.05, 0) is 49.6 Å². The molecule has 0 aliphatic carbocycles. The zero-order valence-corrected chi connectivity index (χ0v) is 19.9. The van der Waals surface area contributed by atoms with Gasteiger partial charge in [0.15, 0.2) is 16.6 Å². The Balaban J connectivity index is 1.43. The van der Waals surface area contributed by atoms with E-state index >= 15 is 0 Å². The number of aromatic nitrogens is 1. The number of thiazole rings is 1. The minimum atomic E-state index is -0.681. The molecule has 3 aromatic rings. The third-order valence-corrected chi connectivity index (χ3v) is 6.51. The molecule has 2 heterocycles. The molecule has 1 aromatic heterocycles. The Hall–Kier alpha value is -3.39. The maximum atomic E-state index is 13.0. The predicted molar refractivity (Wildman–Crippen MR) is 128 cm³/mol. The largest absolute Gasteiger partial charge is 0.454 e. The Bertz CT molecular complexity index is 1190. The number of carbonyl (C=O) groups excluding carboxylic acids is 2. The number of nitrogens with zero attached hydrogens (tertiary/aromatic N) is 1. The number of hydrogen-bond acceptors (Lipinski definition) is 6. The van der Waals surface area contributed by atoms with Crippen molar-refractivity contribution in [3.8, 4) is 11.5 Å². The Labute approximate surface area is 197 Å². The van der Waals surface area contributed by atoms with Crippen LogP contribution in [-0.4, -0.2) is 29.6 Å². The molecule has 2 amide bonds. The highest BCUT2D eigenvalue weighted by molar-refractivity contribution is 7.15. The third kappa shape index (κ3) is 5.34. The van der Waals surface area contributed by atoms with Crippen LogP contribution < -0.4 is 20.1 Å². The van der Waals surface area contributed by atoms with Crippen LogP contribution in [0, 0.1) is 19.8 Å².